The quantitative estimate of drug-likeness (QED) is 0.718. The number of amides is 2. The lowest BCUT2D eigenvalue weighted by atomic mass is 10.2. The van der Waals surface area contributed by atoms with Gasteiger partial charge in [-0.2, -0.15) is 5.26 Å². The Bertz CT molecular complexity index is 870. The van der Waals surface area contributed by atoms with Crippen molar-refractivity contribution < 1.29 is 14.3 Å². The van der Waals surface area contributed by atoms with Crippen molar-refractivity contribution in [3.8, 4) is 11.8 Å². The van der Waals surface area contributed by atoms with Gasteiger partial charge in [-0.1, -0.05) is 42.5 Å². The molecule has 1 heterocycles. The van der Waals surface area contributed by atoms with Crippen molar-refractivity contribution in [1.29, 1.82) is 5.26 Å². The van der Waals surface area contributed by atoms with Gasteiger partial charge in [-0.3, -0.25) is 14.5 Å². The van der Waals surface area contributed by atoms with Crippen LogP contribution in [0, 0.1) is 11.3 Å². The fraction of sp³-hybridized carbons (Fsp3) is 0.150. The van der Waals surface area contributed by atoms with Gasteiger partial charge in [-0.15, -0.1) is 0 Å². The predicted molar refractivity (Wildman–Crippen MR) is 100 cm³/mol. The minimum Gasteiger partial charge on any atom is -0.489 e. The molecule has 1 aliphatic rings. The standard InChI is InChI=1S/C20H16N2O3S/c21-11-4-12-22-19(23)18(26-20(22)24)13-15-7-9-17(10-8-15)25-14-16-5-2-1-3-6-16/h1-3,5-10,13H,4,12,14H2. The molecule has 3 rings (SSSR count). The first-order chi connectivity index (χ1) is 12.7. The number of carbonyl (C=O) groups is 2. The van der Waals surface area contributed by atoms with Gasteiger partial charge in [0.25, 0.3) is 11.1 Å². The molecule has 0 bridgehead atoms. The van der Waals surface area contributed by atoms with Gasteiger partial charge in [-0.05, 0) is 41.1 Å². The number of carbonyl (C=O) groups excluding carboxylic acids is 2. The van der Waals surface area contributed by atoms with Crippen molar-refractivity contribution in [3.05, 3.63) is 70.6 Å². The van der Waals surface area contributed by atoms with E-state index in [2.05, 4.69) is 0 Å². The molecule has 5 nitrogen and oxygen atoms in total. The smallest absolute Gasteiger partial charge is 0.293 e. The van der Waals surface area contributed by atoms with Crippen LogP contribution in [0.4, 0.5) is 4.79 Å². The molecular formula is C20H16N2O3S. The molecule has 2 aromatic carbocycles. The molecule has 0 aromatic heterocycles. The largest absolute Gasteiger partial charge is 0.489 e. The third-order valence-electron chi connectivity index (χ3n) is 3.75. The first kappa shape index (κ1) is 17.8. The summed E-state index contributed by atoms with van der Waals surface area (Å²) in [6, 6.07) is 19.2. The molecule has 0 aliphatic carbocycles. The van der Waals surface area contributed by atoms with E-state index in [4.69, 9.17) is 10.00 Å². The molecule has 26 heavy (non-hydrogen) atoms. The minimum absolute atomic E-state index is 0.130. The summed E-state index contributed by atoms with van der Waals surface area (Å²) in [4.78, 5) is 25.6. The molecular weight excluding hydrogens is 348 g/mol. The zero-order valence-corrected chi connectivity index (χ0v) is 14.7. The Morgan fingerprint density at radius 3 is 2.50 bits per heavy atom. The molecule has 1 aliphatic heterocycles. The average Bonchev–Trinajstić information content (AvgIpc) is 2.93. The van der Waals surface area contributed by atoms with Crippen molar-refractivity contribution in [2.75, 3.05) is 6.54 Å². The van der Waals surface area contributed by atoms with E-state index in [0.29, 0.717) is 11.5 Å². The van der Waals surface area contributed by atoms with Crippen LogP contribution in [0.1, 0.15) is 17.5 Å². The zero-order chi connectivity index (χ0) is 18.4. The van der Waals surface area contributed by atoms with E-state index in [1.54, 1.807) is 6.08 Å². The molecule has 6 heteroatoms. The molecule has 130 valence electrons. The van der Waals surface area contributed by atoms with Gasteiger partial charge in [0.15, 0.2) is 0 Å². The Morgan fingerprint density at radius 1 is 1.08 bits per heavy atom. The van der Waals surface area contributed by atoms with Gasteiger partial charge in [0.1, 0.15) is 12.4 Å². The maximum atomic E-state index is 12.2. The van der Waals surface area contributed by atoms with E-state index >= 15 is 0 Å². The number of benzene rings is 2. The van der Waals surface area contributed by atoms with Crippen molar-refractivity contribution in [1.82, 2.24) is 4.90 Å². The van der Waals surface area contributed by atoms with Crippen LogP contribution in [0.15, 0.2) is 59.5 Å². The van der Waals surface area contributed by atoms with Crippen LogP contribution in [-0.4, -0.2) is 22.6 Å². The Balaban J connectivity index is 1.63. The first-order valence-corrected chi connectivity index (χ1v) is 8.88. The van der Waals surface area contributed by atoms with E-state index in [-0.39, 0.29) is 24.1 Å². The Hall–Kier alpha value is -3.04. The summed E-state index contributed by atoms with van der Waals surface area (Å²) in [6.45, 7) is 0.614. The van der Waals surface area contributed by atoms with Crippen LogP contribution in [0.25, 0.3) is 6.08 Å². The first-order valence-electron chi connectivity index (χ1n) is 8.06. The molecule has 0 unspecified atom stereocenters. The topological polar surface area (TPSA) is 70.4 Å². The number of imide groups is 1. The monoisotopic (exact) mass is 364 g/mol. The van der Waals surface area contributed by atoms with Crippen molar-refractivity contribution in [2.45, 2.75) is 13.0 Å². The number of nitrogens with zero attached hydrogens (tertiary/aromatic N) is 2. The number of rotatable bonds is 6. The number of ether oxygens (including phenoxy) is 1. The Morgan fingerprint density at radius 2 is 1.81 bits per heavy atom. The third-order valence-corrected chi connectivity index (χ3v) is 4.65. The summed E-state index contributed by atoms with van der Waals surface area (Å²) in [5.41, 5.74) is 1.89. The minimum atomic E-state index is -0.348. The predicted octanol–water partition coefficient (Wildman–Crippen LogP) is 4.22. The van der Waals surface area contributed by atoms with E-state index in [1.807, 2.05) is 60.7 Å². The summed E-state index contributed by atoms with van der Waals surface area (Å²) >= 11 is 0.897. The third kappa shape index (κ3) is 4.32. The van der Waals surface area contributed by atoms with E-state index in [1.165, 1.54) is 0 Å². The van der Waals surface area contributed by atoms with E-state index in [9.17, 15) is 9.59 Å². The molecule has 0 radical (unpaired) electrons. The van der Waals surface area contributed by atoms with Crippen molar-refractivity contribution >= 4 is 29.0 Å². The number of nitriles is 1. The van der Waals surface area contributed by atoms with Gasteiger partial charge in [-0.25, -0.2) is 0 Å². The number of thioether (sulfide) groups is 1. The Labute approximate surface area is 155 Å². The second-order valence-corrected chi connectivity index (χ2v) is 6.58. The highest BCUT2D eigenvalue weighted by molar-refractivity contribution is 8.18. The molecule has 0 spiro atoms. The van der Waals surface area contributed by atoms with Crippen LogP contribution in [0.2, 0.25) is 0 Å². The Kier molecular flexibility index (Phi) is 5.72. The maximum Gasteiger partial charge on any atom is 0.293 e. The van der Waals surface area contributed by atoms with Gasteiger partial charge in [0, 0.05) is 6.54 Å². The van der Waals surface area contributed by atoms with Gasteiger partial charge in [0.05, 0.1) is 17.4 Å². The molecule has 0 saturated carbocycles. The zero-order valence-electron chi connectivity index (χ0n) is 13.9. The van der Waals surface area contributed by atoms with Gasteiger partial charge in [0.2, 0.25) is 0 Å². The molecule has 2 aromatic rings. The molecule has 1 fully saturated rings. The second-order valence-electron chi connectivity index (χ2n) is 5.58. The average molecular weight is 364 g/mol. The van der Waals surface area contributed by atoms with Crippen LogP contribution < -0.4 is 4.74 Å². The second kappa shape index (κ2) is 8.37. The summed E-state index contributed by atoms with van der Waals surface area (Å²) in [5, 5.41) is 8.28. The van der Waals surface area contributed by atoms with E-state index in [0.717, 1.165) is 33.5 Å². The summed E-state index contributed by atoms with van der Waals surface area (Å²) in [6.07, 6.45) is 1.82. The summed E-state index contributed by atoms with van der Waals surface area (Å²) < 4.78 is 5.73. The fourth-order valence-electron chi connectivity index (χ4n) is 2.41. The fourth-order valence-corrected chi connectivity index (χ4v) is 3.27. The van der Waals surface area contributed by atoms with Gasteiger partial charge < -0.3 is 4.74 Å². The molecule has 1 saturated heterocycles. The molecule has 2 amide bonds. The van der Waals surface area contributed by atoms with Crippen molar-refractivity contribution in [3.63, 3.8) is 0 Å². The lowest BCUT2D eigenvalue weighted by Crippen LogP contribution is -2.28. The van der Waals surface area contributed by atoms with Crippen LogP contribution >= 0.6 is 11.8 Å². The SMILES string of the molecule is N#CCCN1C(=O)SC(=Cc2ccc(OCc3ccccc3)cc2)C1=O. The maximum absolute atomic E-state index is 12.2. The normalized spacial score (nSPS) is 15.3. The number of hydrogen-bond acceptors (Lipinski definition) is 5. The number of hydrogen-bond donors (Lipinski definition) is 0. The highest BCUT2D eigenvalue weighted by atomic mass is 32.2. The van der Waals surface area contributed by atoms with Gasteiger partial charge >= 0.3 is 0 Å². The molecule has 0 N–H and O–H groups in total. The molecule has 0 atom stereocenters. The lowest BCUT2D eigenvalue weighted by molar-refractivity contribution is -0.122. The lowest BCUT2D eigenvalue weighted by Gasteiger charge is -2.08. The summed E-state index contributed by atoms with van der Waals surface area (Å²) in [5.74, 6) is 0.382. The van der Waals surface area contributed by atoms with Crippen LogP contribution in [-0.2, 0) is 11.4 Å². The van der Waals surface area contributed by atoms with Crippen LogP contribution in [0.3, 0.4) is 0 Å². The highest BCUT2D eigenvalue weighted by Crippen LogP contribution is 2.32. The van der Waals surface area contributed by atoms with E-state index < -0.39 is 0 Å². The van der Waals surface area contributed by atoms with Crippen LogP contribution in [0.5, 0.6) is 5.75 Å². The van der Waals surface area contributed by atoms with Crippen molar-refractivity contribution in [2.24, 2.45) is 0 Å². The highest BCUT2D eigenvalue weighted by Gasteiger charge is 2.34. The summed E-state index contributed by atoms with van der Waals surface area (Å²) in [7, 11) is 0.